The lowest BCUT2D eigenvalue weighted by atomic mass is 9.99. The molecule has 0 amide bonds. The minimum absolute atomic E-state index is 0.000185. The molecular weight excluding hydrogens is 217 g/mol. The van der Waals surface area contributed by atoms with Gasteiger partial charge in [-0.15, -0.1) is 0 Å². The molecule has 17 heavy (non-hydrogen) atoms. The fourth-order valence-corrected chi connectivity index (χ4v) is 1.82. The number of benzene rings is 1. The van der Waals surface area contributed by atoms with E-state index in [1.54, 1.807) is 6.07 Å². The molecule has 2 nitrogen and oxygen atoms in total. The monoisotopic (exact) mass is 239 g/mol. The van der Waals surface area contributed by atoms with Gasteiger partial charge in [-0.25, -0.2) is 4.39 Å². The Morgan fingerprint density at radius 3 is 2.47 bits per heavy atom. The standard InChI is InChI=1S/C14H22FNO/c1-4-14(16-11(3)10(2)9-17)12-7-5-6-8-13(12)15/h5-8,10-11,14,16-17H,4,9H2,1-3H3. The zero-order chi connectivity index (χ0) is 12.8. The van der Waals surface area contributed by atoms with Crippen LogP contribution in [0.3, 0.4) is 0 Å². The summed E-state index contributed by atoms with van der Waals surface area (Å²) in [5.41, 5.74) is 0.701. The summed E-state index contributed by atoms with van der Waals surface area (Å²) in [6.45, 7) is 6.17. The number of aliphatic hydroxyl groups excluding tert-OH is 1. The van der Waals surface area contributed by atoms with Crippen LogP contribution in [-0.2, 0) is 0 Å². The predicted octanol–water partition coefficient (Wildman–Crippen LogP) is 2.88. The first-order valence-electron chi connectivity index (χ1n) is 6.21. The van der Waals surface area contributed by atoms with Crippen molar-refractivity contribution in [3.05, 3.63) is 35.6 Å². The van der Waals surface area contributed by atoms with Crippen LogP contribution in [0.5, 0.6) is 0 Å². The van der Waals surface area contributed by atoms with E-state index in [-0.39, 0.29) is 30.4 Å². The normalized spacial score (nSPS) is 16.5. The summed E-state index contributed by atoms with van der Waals surface area (Å²) in [6.07, 6.45) is 0.823. The molecule has 96 valence electrons. The van der Waals surface area contributed by atoms with E-state index < -0.39 is 0 Å². The summed E-state index contributed by atoms with van der Waals surface area (Å²) in [7, 11) is 0. The average Bonchev–Trinajstić information content (AvgIpc) is 2.35. The first-order chi connectivity index (χ1) is 8.10. The molecule has 0 aliphatic carbocycles. The van der Waals surface area contributed by atoms with Gasteiger partial charge in [0.15, 0.2) is 0 Å². The van der Waals surface area contributed by atoms with Gasteiger partial charge in [-0.1, -0.05) is 32.0 Å². The largest absolute Gasteiger partial charge is 0.396 e. The Kier molecular flexibility index (Phi) is 5.59. The SMILES string of the molecule is CCC(NC(C)C(C)CO)c1ccccc1F. The van der Waals surface area contributed by atoms with Gasteiger partial charge in [0.25, 0.3) is 0 Å². The highest BCUT2D eigenvalue weighted by Crippen LogP contribution is 2.21. The molecule has 0 saturated carbocycles. The van der Waals surface area contributed by atoms with Gasteiger partial charge in [-0.3, -0.25) is 0 Å². The van der Waals surface area contributed by atoms with Crippen molar-refractivity contribution < 1.29 is 9.50 Å². The Morgan fingerprint density at radius 2 is 1.94 bits per heavy atom. The lowest BCUT2D eigenvalue weighted by molar-refractivity contribution is 0.199. The van der Waals surface area contributed by atoms with Gasteiger partial charge in [0.1, 0.15) is 5.82 Å². The zero-order valence-electron chi connectivity index (χ0n) is 10.8. The van der Waals surface area contributed by atoms with E-state index in [9.17, 15) is 4.39 Å². The lowest BCUT2D eigenvalue weighted by Gasteiger charge is -2.26. The number of halogens is 1. The van der Waals surface area contributed by atoms with Crippen molar-refractivity contribution in [3.63, 3.8) is 0 Å². The van der Waals surface area contributed by atoms with Crippen LogP contribution >= 0.6 is 0 Å². The van der Waals surface area contributed by atoms with Crippen molar-refractivity contribution in [1.29, 1.82) is 0 Å². The molecular formula is C14H22FNO. The maximum absolute atomic E-state index is 13.7. The summed E-state index contributed by atoms with van der Waals surface area (Å²) >= 11 is 0. The maximum atomic E-state index is 13.7. The van der Waals surface area contributed by atoms with E-state index in [2.05, 4.69) is 5.32 Å². The van der Waals surface area contributed by atoms with Crippen LogP contribution in [0.4, 0.5) is 4.39 Å². The van der Waals surface area contributed by atoms with Crippen molar-refractivity contribution in [1.82, 2.24) is 5.32 Å². The van der Waals surface area contributed by atoms with Crippen LogP contribution in [0, 0.1) is 11.7 Å². The molecule has 0 radical (unpaired) electrons. The van der Waals surface area contributed by atoms with Gasteiger partial charge in [0, 0.05) is 24.3 Å². The van der Waals surface area contributed by atoms with E-state index in [1.807, 2.05) is 32.9 Å². The first kappa shape index (κ1) is 14.1. The fraction of sp³-hybridized carbons (Fsp3) is 0.571. The molecule has 0 heterocycles. The fourth-order valence-electron chi connectivity index (χ4n) is 1.82. The first-order valence-corrected chi connectivity index (χ1v) is 6.21. The quantitative estimate of drug-likeness (QED) is 0.800. The highest BCUT2D eigenvalue weighted by molar-refractivity contribution is 5.21. The third-order valence-corrected chi connectivity index (χ3v) is 3.29. The Morgan fingerprint density at radius 1 is 1.29 bits per heavy atom. The molecule has 0 fully saturated rings. The van der Waals surface area contributed by atoms with Crippen LogP contribution in [0.2, 0.25) is 0 Å². The van der Waals surface area contributed by atoms with Crippen molar-refractivity contribution in [3.8, 4) is 0 Å². The van der Waals surface area contributed by atoms with Crippen LogP contribution in [0.25, 0.3) is 0 Å². The highest BCUT2D eigenvalue weighted by atomic mass is 19.1. The van der Waals surface area contributed by atoms with E-state index in [4.69, 9.17) is 5.11 Å². The van der Waals surface area contributed by atoms with Crippen molar-refractivity contribution in [2.24, 2.45) is 5.92 Å². The second kappa shape index (κ2) is 6.72. The number of hydrogen-bond acceptors (Lipinski definition) is 2. The van der Waals surface area contributed by atoms with Gasteiger partial charge in [-0.05, 0) is 25.3 Å². The summed E-state index contributed by atoms with van der Waals surface area (Å²) in [5, 5.41) is 12.5. The Balaban J connectivity index is 2.76. The second-order valence-electron chi connectivity index (χ2n) is 4.60. The van der Waals surface area contributed by atoms with Gasteiger partial charge >= 0.3 is 0 Å². The average molecular weight is 239 g/mol. The Bertz CT molecular complexity index is 343. The molecule has 0 saturated heterocycles. The lowest BCUT2D eigenvalue weighted by Crippen LogP contribution is -2.36. The topological polar surface area (TPSA) is 32.3 Å². The molecule has 0 aromatic heterocycles. The molecule has 1 aromatic rings. The van der Waals surface area contributed by atoms with Gasteiger partial charge in [0.2, 0.25) is 0 Å². The minimum Gasteiger partial charge on any atom is -0.396 e. The molecule has 0 bridgehead atoms. The van der Waals surface area contributed by atoms with Gasteiger partial charge in [-0.2, -0.15) is 0 Å². The Labute approximate surface area is 103 Å². The molecule has 0 spiro atoms. The Hall–Kier alpha value is -0.930. The summed E-state index contributed by atoms with van der Waals surface area (Å²) in [4.78, 5) is 0. The van der Waals surface area contributed by atoms with E-state index >= 15 is 0 Å². The molecule has 0 aliphatic heterocycles. The van der Waals surface area contributed by atoms with Crippen molar-refractivity contribution in [2.45, 2.75) is 39.3 Å². The molecule has 0 aliphatic rings. The van der Waals surface area contributed by atoms with Crippen LogP contribution < -0.4 is 5.32 Å². The summed E-state index contributed by atoms with van der Waals surface area (Å²) < 4.78 is 13.7. The smallest absolute Gasteiger partial charge is 0.127 e. The minimum atomic E-state index is -0.171. The van der Waals surface area contributed by atoms with Crippen molar-refractivity contribution in [2.75, 3.05) is 6.61 Å². The number of aliphatic hydroxyl groups is 1. The maximum Gasteiger partial charge on any atom is 0.127 e. The van der Waals surface area contributed by atoms with E-state index in [0.29, 0.717) is 5.56 Å². The third kappa shape index (κ3) is 3.79. The third-order valence-electron chi connectivity index (χ3n) is 3.29. The van der Waals surface area contributed by atoms with Crippen LogP contribution in [-0.4, -0.2) is 17.8 Å². The van der Waals surface area contributed by atoms with Crippen LogP contribution in [0.15, 0.2) is 24.3 Å². The molecule has 3 heteroatoms. The summed E-state index contributed by atoms with van der Waals surface area (Å²) in [6, 6.07) is 7.01. The van der Waals surface area contributed by atoms with Crippen LogP contribution in [0.1, 0.15) is 38.8 Å². The van der Waals surface area contributed by atoms with Crippen molar-refractivity contribution >= 4 is 0 Å². The predicted molar refractivity (Wildman–Crippen MR) is 68.3 cm³/mol. The molecule has 2 N–H and O–H groups in total. The van der Waals surface area contributed by atoms with E-state index in [0.717, 1.165) is 6.42 Å². The van der Waals surface area contributed by atoms with Gasteiger partial charge in [0.05, 0.1) is 0 Å². The molecule has 1 aromatic carbocycles. The van der Waals surface area contributed by atoms with E-state index in [1.165, 1.54) is 6.07 Å². The second-order valence-corrected chi connectivity index (χ2v) is 4.60. The zero-order valence-corrected chi connectivity index (χ0v) is 10.8. The summed E-state index contributed by atoms with van der Waals surface area (Å²) in [5.74, 6) is -0.00785. The highest BCUT2D eigenvalue weighted by Gasteiger charge is 2.18. The number of rotatable bonds is 6. The molecule has 3 atom stereocenters. The van der Waals surface area contributed by atoms with Gasteiger partial charge < -0.3 is 10.4 Å². The molecule has 1 rings (SSSR count). The molecule has 3 unspecified atom stereocenters. The number of hydrogen-bond donors (Lipinski definition) is 2. The number of nitrogens with one attached hydrogen (secondary N) is 1.